The molecule has 1 heterocycles. The first-order valence-electron chi connectivity index (χ1n) is 5.80. The van der Waals surface area contributed by atoms with Gasteiger partial charge in [0.1, 0.15) is 17.6 Å². The smallest absolute Gasteiger partial charge is 0.221 e. The van der Waals surface area contributed by atoms with Crippen molar-refractivity contribution in [1.29, 1.82) is 0 Å². The quantitative estimate of drug-likeness (QED) is 0.581. The van der Waals surface area contributed by atoms with E-state index in [1.807, 2.05) is 27.7 Å². The normalized spacial score (nSPS) is 10.9. The Morgan fingerprint density at radius 3 is 2.53 bits per heavy atom. The van der Waals surface area contributed by atoms with Crippen molar-refractivity contribution in [3.05, 3.63) is 16.5 Å². The molecule has 0 saturated carbocycles. The SMILES string of the molecule is CCOCCOc1nc(C(C)C)nc(Cl)c1C. The van der Waals surface area contributed by atoms with E-state index in [0.717, 1.165) is 5.56 Å². The Bertz CT molecular complexity index is 370. The van der Waals surface area contributed by atoms with Crippen LogP contribution in [0.3, 0.4) is 0 Å². The maximum Gasteiger partial charge on any atom is 0.221 e. The third-order valence-electron chi connectivity index (χ3n) is 2.25. The van der Waals surface area contributed by atoms with Crippen LogP contribution in [-0.2, 0) is 4.74 Å². The monoisotopic (exact) mass is 258 g/mol. The molecule has 1 aromatic rings. The van der Waals surface area contributed by atoms with Crippen LogP contribution in [0, 0.1) is 6.92 Å². The number of hydrogen-bond acceptors (Lipinski definition) is 4. The lowest BCUT2D eigenvalue weighted by molar-refractivity contribution is 0.108. The molecule has 0 radical (unpaired) electrons. The summed E-state index contributed by atoms with van der Waals surface area (Å²) in [6.07, 6.45) is 0. The highest BCUT2D eigenvalue weighted by Crippen LogP contribution is 2.24. The van der Waals surface area contributed by atoms with Gasteiger partial charge in [-0.2, -0.15) is 4.98 Å². The molecule has 0 spiro atoms. The van der Waals surface area contributed by atoms with E-state index < -0.39 is 0 Å². The van der Waals surface area contributed by atoms with E-state index >= 15 is 0 Å². The van der Waals surface area contributed by atoms with Gasteiger partial charge >= 0.3 is 0 Å². The first-order chi connectivity index (χ1) is 8.06. The topological polar surface area (TPSA) is 44.2 Å². The van der Waals surface area contributed by atoms with Crippen molar-refractivity contribution in [2.45, 2.75) is 33.6 Å². The second-order valence-corrected chi connectivity index (χ2v) is 4.36. The van der Waals surface area contributed by atoms with Gasteiger partial charge in [0.2, 0.25) is 5.88 Å². The van der Waals surface area contributed by atoms with Gasteiger partial charge in [-0.1, -0.05) is 25.4 Å². The largest absolute Gasteiger partial charge is 0.475 e. The van der Waals surface area contributed by atoms with Crippen LogP contribution in [0.5, 0.6) is 5.88 Å². The first kappa shape index (κ1) is 14.2. The van der Waals surface area contributed by atoms with Crippen molar-refractivity contribution in [1.82, 2.24) is 9.97 Å². The Morgan fingerprint density at radius 1 is 1.24 bits per heavy atom. The second kappa shape index (κ2) is 6.77. The summed E-state index contributed by atoms with van der Waals surface area (Å²) in [7, 11) is 0. The second-order valence-electron chi connectivity index (χ2n) is 4.00. The van der Waals surface area contributed by atoms with Gasteiger partial charge in [-0.05, 0) is 13.8 Å². The van der Waals surface area contributed by atoms with E-state index in [4.69, 9.17) is 21.1 Å². The Hall–Kier alpha value is -0.870. The molecule has 0 aromatic carbocycles. The average Bonchev–Trinajstić information content (AvgIpc) is 2.29. The molecular formula is C12H19ClN2O2. The summed E-state index contributed by atoms with van der Waals surface area (Å²) >= 11 is 6.04. The molecule has 96 valence electrons. The summed E-state index contributed by atoms with van der Waals surface area (Å²) in [6.45, 7) is 9.54. The third-order valence-corrected chi connectivity index (χ3v) is 2.61. The number of hydrogen-bond donors (Lipinski definition) is 0. The van der Waals surface area contributed by atoms with Gasteiger partial charge in [-0.3, -0.25) is 0 Å². The fourth-order valence-corrected chi connectivity index (χ4v) is 1.39. The lowest BCUT2D eigenvalue weighted by Gasteiger charge is -2.12. The van der Waals surface area contributed by atoms with Crippen LogP contribution >= 0.6 is 11.6 Å². The molecular weight excluding hydrogens is 240 g/mol. The maximum absolute atomic E-state index is 6.04. The molecule has 0 unspecified atom stereocenters. The molecule has 0 atom stereocenters. The minimum absolute atomic E-state index is 0.224. The first-order valence-corrected chi connectivity index (χ1v) is 6.18. The molecule has 0 aliphatic carbocycles. The predicted octanol–water partition coefficient (Wildman–Crippen LogP) is 2.98. The molecule has 5 heteroatoms. The molecule has 1 aromatic heterocycles. The van der Waals surface area contributed by atoms with Crippen molar-refractivity contribution in [2.24, 2.45) is 0 Å². The average molecular weight is 259 g/mol. The Kier molecular flexibility index (Phi) is 5.65. The van der Waals surface area contributed by atoms with Gasteiger partial charge in [0, 0.05) is 18.1 Å². The Balaban J connectivity index is 2.75. The number of ether oxygens (including phenoxy) is 2. The van der Waals surface area contributed by atoms with E-state index in [9.17, 15) is 0 Å². The summed E-state index contributed by atoms with van der Waals surface area (Å²) < 4.78 is 10.8. The highest BCUT2D eigenvalue weighted by atomic mass is 35.5. The lowest BCUT2D eigenvalue weighted by atomic mass is 10.2. The number of nitrogens with zero attached hydrogens (tertiary/aromatic N) is 2. The lowest BCUT2D eigenvalue weighted by Crippen LogP contribution is -2.10. The van der Waals surface area contributed by atoms with E-state index in [-0.39, 0.29) is 5.92 Å². The van der Waals surface area contributed by atoms with Crippen molar-refractivity contribution < 1.29 is 9.47 Å². The molecule has 4 nitrogen and oxygen atoms in total. The summed E-state index contributed by atoms with van der Waals surface area (Å²) in [4.78, 5) is 8.58. The van der Waals surface area contributed by atoms with Gasteiger partial charge in [0.15, 0.2) is 0 Å². The van der Waals surface area contributed by atoms with Crippen molar-refractivity contribution >= 4 is 11.6 Å². The van der Waals surface area contributed by atoms with Gasteiger partial charge < -0.3 is 9.47 Å². The zero-order valence-electron chi connectivity index (χ0n) is 10.8. The fraction of sp³-hybridized carbons (Fsp3) is 0.667. The van der Waals surface area contributed by atoms with Crippen LogP contribution in [-0.4, -0.2) is 29.8 Å². The minimum Gasteiger partial charge on any atom is -0.475 e. The molecule has 17 heavy (non-hydrogen) atoms. The van der Waals surface area contributed by atoms with Crippen LogP contribution in [0.15, 0.2) is 0 Å². The summed E-state index contributed by atoms with van der Waals surface area (Å²) in [6, 6.07) is 0. The minimum atomic E-state index is 0.224. The highest BCUT2D eigenvalue weighted by Gasteiger charge is 2.12. The molecule has 0 bridgehead atoms. The molecule has 0 amide bonds. The molecule has 0 saturated heterocycles. The van der Waals surface area contributed by atoms with Crippen LogP contribution in [0.25, 0.3) is 0 Å². The number of rotatable bonds is 6. The summed E-state index contributed by atoms with van der Waals surface area (Å²) in [5, 5.41) is 0.454. The molecule has 0 fully saturated rings. The Labute approximate surface area is 107 Å². The maximum atomic E-state index is 6.04. The van der Waals surface area contributed by atoms with Crippen molar-refractivity contribution in [3.8, 4) is 5.88 Å². The van der Waals surface area contributed by atoms with E-state index in [0.29, 0.717) is 36.7 Å². The van der Waals surface area contributed by atoms with Crippen LogP contribution in [0.1, 0.15) is 38.1 Å². The Morgan fingerprint density at radius 2 is 1.94 bits per heavy atom. The molecule has 0 aliphatic heterocycles. The van der Waals surface area contributed by atoms with Crippen LogP contribution in [0.4, 0.5) is 0 Å². The summed E-state index contributed by atoms with van der Waals surface area (Å²) in [5.74, 6) is 1.47. The number of aromatic nitrogens is 2. The molecule has 0 N–H and O–H groups in total. The third kappa shape index (κ3) is 4.13. The predicted molar refractivity (Wildman–Crippen MR) is 67.9 cm³/mol. The molecule has 1 rings (SSSR count). The highest BCUT2D eigenvalue weighted by molar-refractivity contribution is 6.30. The van der Waals surface area contributed by atoms with Crippen LogP contribution < -0.4 is 4.74 Å². The van der Waals surface area contributed by atoms with E-state index in [1.165, 1.54) is 0 Å². The zero-order chi connectivity index (χ0) is 12.8. The van der Waals surface area contributed by atoms with Gasteiger partial charge in [0.25, 0.3) is 0 Å². The standard InChI is InChI=1S/C12H19ClN2O2/c1-5-16-6-7-17-12-9(4)10(13)14-11(15-12)8(2)3/h8H,5-7H2,1-4H3. The van der Waals surface area contributed by atoms with Gasteiger partial charge in [-0.25, -0.2) is 4.98 Å². The van der Waals surface area contributed by atoms with Crippen LogP contribution in [0.2, 0.25) is 5.15 Å². The fourth-order valence-electron chi connectivity index (χ4n) is 1.23. The van der Waals surface area contributed by atoms with E-state index in [1.54, 1.807) is 0 Å². The van der Waals surface area contributed by atoms with E-state index in [2.05, 4.69) is 9.97 Å². The molecule has 0 aliphatic rings. The van der Waals surface area contributed by atoms with Crippen molar-refractivity contribution in [2.75, 3.05) is 19.8 Å². The van der Waals surface area contributed by atoms with Crippen molar-refractivity contribution in [3.63, 3.8) is 0 Å². The summed E-state index contributed by atoms with van der Waals surface area (Å²) in [5.41, 5.74) is 0.771. The van der Waals surface area contributed by atoms with Gasteiger partial charge in [-0.15, -0.1) is 0 Å². The zero-order valence-corrected chi connectivity index (χ0v) is 11.5. The number of halogens is 1. The van der Waals surface area contributed by atoms with Gasteiger partial charge in [0.05, 0.1) is 6.61 Å².